The summed E-state index contributed by atoms with van der Waals surface area (Å²) < 4.78 is 5.53. The van der Waals surface area contributed by atoms with Crippen molar-refractivity contribution in [3.8, 4) is 0 Å². The van der Waals surface area contributed by atoms with E-state index in [1.54, 1.807) is 0 Å². The number of anilines is 1. The summed E-state index contributed by atoms with van der Waals surface area (Å²) in [5.74, 6) is 1.47. The number of aromatic nitrogens is 2. The topological polar surface area (TPSA) is 63.0 Å². The van der Waals surface area contributed by atoms with Gasteiger partial charge in [-0.2, -0.15) is 0 Å². The van der Waals surface area contributed by atoms with Crippen LogP contribution in [0.3, 0.4) is 0 Å². The summed E-state index contributed by atoms with van der Waals surface area (Å²) >= 11 is 0. The molecule has 1 aromatic rings. The molecule has 2 unspecified atom stereocenters. The minimum atomic E-state index is 0.502. The maximum atomic E-state index is 5.53. The van der Waals surface area contributed by atoms with E-state index in [2.05, 4.69) is 34.7 Å². The van der Waals surface area contributed by atoms with Crippen molar-refractivity contribution in [3.05, 3.63) is 5.89 Å². The molecule has 5 nitrogen and oxygen atoms in total. The first kappa shape index (κ1) is 12.4. The van der Waals surface area contributed by atoms with Gasteiger partial charge in [0.05, 0.1) is 6.54 Å². The lowest BCUT2D eigenvalue weighted by Crippen LogP contribution is -2.15. The van der Waals surface area contributed by atoms with Crippen LogP contribution in [0.4, 0.5) is 6.01 Å². The third-order valence-electron chi connectivity index (χ3n) is 3.19. The Kier molecular flexibility index (Phi) is 4.36. The molecule has 1 fully saturated rings. The van der Waals surface area contributed by atoms with Crippen LogP contribution in [-0.4, -0.2) is 22.8 Å². The molecule has 0 amide bonds. The second-order valence-electron chi connectivity index (χ2n) is 4.94. The summed E-state index contributed by atoms with van der Waals surface area (Å²) in [5.41, 5.74) is 0. The molecule has 0 bridgehead atoms. The molecule has 17 heavy (non-hydrogen) atoms. The van der Waals surface area contributed by atoms with Crippen LogP contribution >= 0.6 is 0 Å². The van der Waals surface area contributed by atoms with Gasteiger partial charge in [-0.3, -0.25) is 0 Å². The molecule has 0 radical (unpaired) electrons. The zero-order valence-electron chi connectivity index (χ0n) is 10.7. The molecular formula is C12H22N4O. The monoisotopic (exact) mass is 238 g/mol. The third-order valence-corrected chi connectivity index (χ3v) is 3.19. The van der Waals surface area contributed by atoms with Gasteiger partial charge in [-0.05, 0) is 38.1 Å². The van der Waals surface area contributed by atoms with Crippen LogP contribution < -0.4 is 10.6 Å². The lowest BCUT2D eigenvalue weighted by molar-refractivity contribution is 0.471. The van der Waals surface area contributed by atoms with Crippen LogP contribution in [0, 0.1) is 5.92 Å². The Morgan fingerprint density at radius 2 is 2.24 bits per heavy atom. The predicted molar refractivity (Wildman–Crippen MR) is 66.7 cm³/mol. The first-order valence-electron chi connectivity index (χ1n) is 6.57. The van der Waals surface area contributed by atoms with E-state index >= 15 is 0 Å². The van der Waals surface area contributed by atoms with Crippen molar-refractivity contribution in [1.29, 1.82) is 0 Å². The first-order chi connectivity index (χ1) is 8.28. The molecule has 1 heterocycles. The van der Waals surface area contributed by atoms with Crippen LogP contribution in [-0.2, 0) is 6.54 Å². The van der Waals surface area contributed by atoms with Gasteiger partial charge in [0.1, 0.15) is 0 Å². The van der Waals surface area contributed by atoms with E-state index in [0.717, 1.165) is 18.9 Å². The first-order valence-corrected chi connectivity index (χ1v) is 6.57. The predicted octanol–water partition coefficient (Wildman–Crippen LogP) is 2.17. The number of hydrogen-bond acceptors (Lipinski definition) is 5. The zero-order valence-corrected chi connectivity index (χ0v) is 10.7. The maximum absolute atomic E-state index is 5.53. The second-order valence-corrected chi connectivity index (χ2v) is 4.94. The lowest BCUT2D eigenvalue weighted by Gasteiger charge is -2.08. The molecule has 1 aliphatic rings. The van der Waals surface area contributed by atoms with Gasteiger partial charge in [-0.25, -0.2) is 0 Å². The minimum absolute atomic E-state index is 0.502. The van der Waals surface area contributed by atoms with E-state index in [0.29, 0.717) is 24.5 Å². The molecule has 1 saturated carbocycles. The van der Waals surface area contributed by atoms with E-state index in [9.17, 15) is 0 Å². The molecule has 96 valence electrons. The summed E-state index contributed by atoms with van der Waals surface area (Å²) in [6.45, 7) is 6.06. The highest BCUT2D eigenvalue weighted by atomic mass is 16.4. The molecular weight excluding hydrogens is 216 g/mol. The average molecular weight is 238 g/mol. The van der Waals surface area contributed by atoms with Crippen molar-refractivity contribution in [2.45, 2.75) is 52.1 Å². The van der Waals surface area contributed by atoms with Crippen LogP contribution in [0.2, 0.25) is 0 Å². The summed E-state index contributed by atoms with van der Waals surface area (Å²) in [7, 11) is 0. The number of rotatable bonds is 6. The molecule has 1 aromatic heterocycles. The van der Waals surface area contributed by atoms with Gasteiger partial charge in [-0.1, -0.05) is 18.9 Å². The Hall–Kier alpha value is -1.10. The Bertz CT molecular complexity index is 339. The number of hydrogen-bond donors (Lipinski definition) is 2. The molecule has 5 heteroatoms. The van der Waals surface area contributed by atoms with E-state index in [4.69, 9.17) is 4.42 Å². The van der Waals surface area contributed by atoms with E-state index in [1.165, 1.54) is 19.3 Å². The Morgan fingerprint density at radius 3 is 2.94 bits per heavy atom. The van der Waals surface area contributed by atoms with E-state index in [1.807, 2.05) is 0 Å². The number of nitrogens with one attached hydrogen (secondary N) is 2. The summed E-state index contributed by atoms with van der Waals surface area (Å²) in [4.78, 5) is 0. The van der Waals surface area contributed by atoms with Crippen molar-refractivity contribution in [1.82, 2.24) is 15.5 Å². The third kappa shape index (κ3) is 3.70. The highest BCUT2D eigenvalue weighted by molar-refractivity contribution is 5.20. The number of nitrogens with zero attached hydrogens (tertiary/aromatic N) is 2. The van der Waals surface area contributed by atoms with Gasteiger partial charge in [-0.15, -0.1) is 5.10 Å². The molecule has 0 aliphatic heterocycles. The molecule has 0 spiro atoms. The van der Waals surface area contributed by atoms with Crippen molar-refractivity contribution in [3.63, 3.8) is 0 Å². The van der Waals surface area contributed by atoms with Gasteiger partial charge >= 0.3 is 6.01 Å². The molecule has 0 aromatic carbocycles. The molecule has 2 N–H and O–H groups in total. The molecule has 2 atom stereocenters. The van der Waals surface area contributed by atoms with Crippen LogP contribution in [0.5, 0.6) is 0 Å². The normalized spacial score (nSPS) is 24.1. The van der Waals surface area contributed by atoms with Gasteiger partial charge in [0.25, 0.3) is 0 Å². The van der Waals surface area contributed by atoms with Crippen molar-refractivity contribution in [2.75, 3.05) is 11.9 Å². The standard InChI is InChI=1S/C12H22N4O/c1-3-6-13-8-11-15-16-12(17-11)14-10-5-4-9(2)7-10/h9-10,13H,3-8H2,1-2H3,(H,14,16). The fourth-order valence-corrected chi connectivity index (χ4v) is 2.27. The van der Waals surface area contributed by atoms with E-state index < -0.39 is 0 Å². The van der Waals surface area contributed by atoms with Crippen molar-refractivity contribution < 1.29 is 4.42 Å². The van der Waals surface area contributed by atoms with Gasteiger partial charge < -0.3 is 15.1 Å². The quantitative estimate of drug-likeness (QED) is 0.744. The largest absolute Gasteiger partial charge is 0.407 e. The zero-order chi connectivity index (χ0) is 12.1. The minimum Gasteiger partial charge on any atom is -0.407 e. The van der Waals surface area contributed by atoms with Crippen LogP contribution in [0.15, 0.2) is 4.42 Å². The fraction of sp³-hybridized carbons (Fsp3) is 0.833. The Labute approximate surface area is 102 Å². The van der Waals surface area contributed by atoms with Crippen molar-refractivity contribution in [2.24, 2.45) is 5.92 Å². The fourth-order valence-electron chi connectivity index (χ4n) is 2.27. The SMILES string of the molecule is CCCNCc1nnc(NC2CCC(C)C2)o1. The highest BCUT2D eigenvalue weighted by Gasteiger charge is 2.22. The molecule has 1 aliphatic carbocycles. The maximum Gasteiger partial charge on any atom is 0.315 e. The lowest BCUT2D eigenvalue weighted by atomic mass is 10.1. The van der Waals surface area contributed by atoms with Crippen molar-refractivity contribution >= 4 is 6.01 Å². The van der Waals surface area contributed by atoms with Crippen LogP contribution in [0.1, 0.15) is 45.4 Å². The van der Waals surface area contributed by atoms with Gasteiger partial charge in [0.2, 0.25) is 5.89 Å². The van der Waals surface area contributed by atoms with Gasteiger partial charge in [0, 0.05) is 6.04 Å². The summed E-state index contributed by atoms with van der Waals surface area (Å²) in [6, 6.07) is 1.07. The van der Waals surface area contributed by atoms with Gasteiger partial charge in [0.15, 0.2) is 0 Å². The highest BCUT2D eigenvalue weighted by Crippen LogP contribution is 2.26. The smallest absolute Gasteiger partial charge is 0.315 e. The second kappa shape index (κ2) is 6.00. The molecule has 2 rings (SSSR count). The molecule has 0 saturated heterocycles. The Balaban J connectivity index is 1.77. The Morgan fingerprint density at radius 1 is 1.35 bits per heavy atom. The van der Waals surface area contributed by atoms with Crippen LogP contribution in [0.25, 0.3) is 0 Å². The average Bonchev–Trinajstić information content (AvgIpc) is 2.90. The van der Waals surface area contributed by atoms with E-state index in [-0.39, 0.29) is 0 Å². The summed E-state index contributed by atoms with van der Waals surface area (Å²) in [5, 5.41) is 14.6. The summed E-state index contributed by atoms with van der Waals surface area (Å²) in [6.07, 6.45) is 4.80.